The minimum atomic E-state index is -0.762. The quantitative estimate of drug-likeness (QED) is 0.559. The summed E-state index contributed by atoms with van der Waals surface area (Å²) in [6, 6.07) is 11.2. The third-order valence-corrected chi connectivity index (χ3v) is 3.58. The first-order valence-corrected chi connectivity index (χ1v) is 7.99. The molecular weight excluding hydrogens is 314 g/mol. The Hall–Kier alpha value is -1.98. The smallest absolute Gasteiger partial charge is 0.191 e. The summed E-state index contributed by atoms with van der Waals surface area (Å²) in [4.78, 5) is 4.41. The van der Waals surface area contributed by atoms with E-state index in [1.54, 1.807) is 12.1 Å². The van der Waals surface area contributed by atoms with E-state index in [0.29, 0.717) is 16.7 Å². The number of aliphatic imine (C=N–C) groups is 1. The van der Waals surface area contributed by atoms with Gasteiger partial charge in [-0.1, -0.05) is 23.7 Å². The molecule has 0 fully saturated rings. The minimum absolute atomic E-state index is 0.0345. The summed E-state index contributed by atoms with van der Waals surface area (Å²) in [5.74, 6) is 1.14. The lowest BCUT2D eigenvalue weighted by Gasteiger charge is -2.18. The summed E-state index contributed by atoms with van der Waals surface area (Å²) >= 11 is 6.03. The van der Waals surface area contributed by atoms with Gasteiger partial charge in [-0.05, 0) is 43.7 Å². The van der Waals surface area contributed by atoms with E-state index in [4.69, 9.17) is 16.0 Å². The van der Waals surface area contributed by atoms with Crippen LogP contribution in [-0.2, 0) is 0 Å². The molecule has 2 atom stereocenters. The van der Waals surface area contributed by atoms with Crippen LogP contribution in [-0.4, -0.2) is 24.2 Å². The topological polar surface area (TPSA) is 69.8 Å². The number of aliphatic hydroxyl groups excluding tert-OH is 1. The molecule has 0 radical (unpaired) electrons. The van der Waals surface area contributed by atoms with Crippen LogP contribution < -0.4 is 10.6 Å². The Morgan fingerprint density at radius 1 is 1.35 bits per heavy atom. The number of hydrogen-bond acceptors (Lipinski definition) is 3. The van der Waals surface area contributed by atoms with Crippen molar-refractivity contribution in [2.45, 2.75) is 26.0 Å². The summed E-state index contributed by atoms with van der Waals surface area (Å²) in [5.41, 5.74) is 1.06. The largest absolute Gasteiger partial charge is 0.467 e. The molecule has 0 saturated heterocycles. The molecule has 3 N–H and O–H groups in total. The van der Waals surface area contributed by atoms with Gasteiger partial charge in [0.15, 0.2) is 5.96 Å². The molecule has 1 aromatic heterocycles. The highest BCUT2D eigenvalue weighted by Gasteiger charge is 2.12. The first-order valence-electron chi connectivity index (χ1n) is 7.62. The molecule has 2 rings (SSSR count). The van der Waals surface area contributed by atoms with E-state index in [1.807, 2.05) is 38.1 Å². The van der Waals surface area contributed by atoms with Crippen LogP contribution in [0.1, 0.15) is 37.3 Å². The maximum atomic E-state index is 10.0. The lowest BCUT2D eigenvalue weighted by atomic mass is 10.1. The number of guanidine groups is 1. The van der Waals surface area contributed by atoms with Gasteiger partial charge in [-0.3, -0.25) is 4.99 Å². The van der Waals surface area contributed by atoms with E-state index in [2.05, 4.69) is 15.6 Å². The van der Waals surface area contributed by atoms with Gasteiger partial charge in [-0.25, -0.2) is 0 Å². The Labute approximate surface area is 141 Å². The Bertz CT molecular complexity index is 629. The van der Waals surface area contributed by atoms with Crippen LogP contribution in [0.2, 0.25) is 5.02 Å². The van der Waals surface area contributed by atoms with Crippen LogP contribution in [0.3, 0.4) is 0 Å². The molecule has 0 bridgehead atoms. The second-order valence-electron chi connectivity index (χ2n) is 5.17. The van der Waals surface area contributed by atoms with Crippen molar-refractivity contribution in [3.05, 3.63) is 59.0 Å². The minimum Gasteiger partial charge on any atom is -0.467 e. The van der Waals surface area contributed by atoms with E-state index >= 15 is 0 Å². The molecule has 124 valence electrons. The van der Waals surface area contributed by atoms with Crippen LogP contribution in [0.15, 0.2) is 52.1 Å². The van der Waals surface area contributed by atoms with Gasteiger partial charge in [0.2, 0.25) is 0 Å². The van der Waals surface area contributed by atoms with Crippen molar-refractivity contribution in [1.82, 2.24) is 10.6 Å². The molecule has 1 heterocycles. The van der Waals surface area contributed by atoms with Crippen molar-refractivity contribution < 1.29 is 9.52 Å². The van der Waals surface area contributed by atoms with E-state index in [0.717, 1.165) is 12.1 Å². The van der Waals surface area contributed by atoms with Crippen LogP contribution in [0.25, 0.3) is 0 Å². The summed E-state index contributed by atoms with van der Waals surface area (Å²) in [6.07, 6.45) is 0.773. The number of nitrogens with one attached hydrogen (secondary N) is 2. The molecule has 2 aromatic rings. The number of benzene rings is 1. The molecule has 0 aliphatic heterocycles. The number of aliphatic hydroxyl groups is 1. The SMILES string of the molecule is CCNC(=NCC(O)c1ccco1)NC(C)c1cccc(Cl)c1. The fourth-order valence-electron chi connectivity index (χ4n) is 2.13. The van der Waals surface area contributed by atoms with Crippen LogP contribution in [0.4, 0.5) is 0 Å². The highest BCUT2D eigenvalue weighted by atomic mass is 35.5. The predicted molar refractivity (Wildman–Crippen MR) is 92.6 cm³/mol. The Kier molecular flexibility index (Phi) is 6.50. The number of nitrogens with zero attached hydrogens (tertiary/aromatic N) is 1. The molecule has 2 unspecified atom stereocenters. The fourth-order valence-corrected chi connectivity index (χ4v) is 2.33. The van der Waals surface area contributed by atoms with Gasteiger partial charge in [-0.15, -0.1) is 0 Å². The molecule has 0 amide bonds. The highest BCUT2D eigenvalue weighted by molar-refractivity contribution is 6.30. The van der Waals surface area contributed by atoms with Crippen LogP contribution in [0, 0.1) is 0 Å². The van der Waals surface area contributed by atoms with Crippen molar-refractivity contribution in [1.29, 1.82) is 0 Å². The second kappa shape index (κ2) is 8.60. The molecule has 0 saturated carbocycles. The fraction of sp³-hybridized carbons (Fsp3) is 0.353. The average Bonchev–Trinajstić information content (AvgIpc) is 3.07. The Morgan fingerprint density at radius 3 is 2.83 bits per heavy atom. The number of rotatable bonds is 6. The molecule has 0 spiro atoms. The third-order valence-electron chi connectivity index (χ3n) is 3.34. The van der Waals surface area contributed by atoms with Crippen molar-refractivity contribution in [3.63, 3.8) is 0 Å². The van der Waals surface area contributed by atoms with Crippen molar-refractivity contribution in [2.24, 2.45) is 4.99 Å². The number of furan rings is 1. The molecule has 0 aliphatic rings. The molecule has 23 heavy (non-hydrogen) atoms. The van der Waals surface area contributed by atoms with Crippen molar-refractivity contribution >= 4 is 17.6 Å². The first kappa shape index (κ1) is 17.4. The predicted octanol–water partition coefficient (Wildman–Crippen LogP) is 3.28. The highest BCUT2D eigenvalue weighted by Crippen LogP contribution is 2.17. The summed E-state index contributed by atoms with van der Waals surface area (Å²) in [7, 11) is 0. The van der Waals surface area contributed by atoms with Gasteiger partial charge in [0.05, 0.1) is 18.8 Å². The molecule has 6 heteroatoms. The summed E-state index contributed by atoms with van der Waals surface area (Å²) < 4.78 is 5.18. The molecular formula is C17H22ClN3O2. The molecule has 0 aliphatic carbocycles. The van der Waals surface area contributed by atoms with E-state index in [1.165, 1.54) is 6.26 Å². The normalized spacial score (nSPS) is 14.3. The zero-order valence-corrected chi connectivity index (χ0v) is 14.0. The summed E-state index contributed by atoms with van der Waals surface area (Å²) in [6.45, 7) is 4.96. The van der Waals surface area contributed by atoms with Crippen molar-refractivity contribution in [3.8, 4) is 0 Å². The third kappa shape index (κ3) is 5.30. The van der Waals surface area contributed by atoms with Crippen LogP contribution in [0.5, 0.6) is 0 Å². The lowest BCUT2D eigenvalue weighted by molar-refractivity contribution is 0.158. The van der Waals surface area contributed by atoms with Gasteiger partial charge in [0, 0.05) is 11.6 Å². The zero-order valence-electron chi connectivity index (χ0n) is 13.3. The van der Waals surface area contributed by atoms with Gasteiger partial charge in [0.25, 0.3) is 0 Å². The van der Waals surface area contributed by atoms with Gasteiger partial charge in [0.1, 0.15) is 11.9 Å². The van der Waals surface area contributed by atoms with Crippen molar-refractivity contribution in [2.75, 3.05) is 13.1 Å². The maximum absolute atomic E-state index is 10.0. The van der Waals surface area contributed by atoms with Crippen LogP contribution >= 0.6 is 11.6 Å². The van der Waals surface area contributed by atoms with E-state index < -0.39 is 6.10 Å². The monoisotopic (exact) mass is 335 g/mol. The Balaban J connectivity index is 2.01. The standard InChI is InChI=1S/C17H22ClN3O2/c1-3-19-17(20-11-15(22)16-8-5-9-23-16)21-12(2)13-6-4-7-14(18)10-13/h4-10,12,15,22H,3,11H2,1-2H3,(H2,19,20,21). The lowest BCUT2D eigenvalue weighted by Crippen LogP contribution is -2.39. The number of halogens is 1. The Morgan fingerprint density at radius 2 is 2.17 bits per heavy atom. The van der Waals surface area contributed by atoms with Gasteiger partial charge >= 0.3 is 0 Å². The van der Waals surface area contributed by atoms with E-state index in [9.17, 15) is 5.11 Å². The molecule has 1 aromatic carbocycles. The molecule has 5 nitrogen and oxygen atoms in total. The zero-order chi connectivity index (χ0) is 16.7. The van der Waals surface area contributed by atoms with Gasteiger partial charge < -0.3 is 20.2 Å². The average molecular weight is 336 g/mol. The summed E-state index contributed by atoms with van der Waals surface area (Å²) in [5, 5.41) is 17.2. The number of hydrogen-bond donors (Lipinski definition) is 3. The maximum Gasteiger partial charge on any atom is 0.191 e. The van der Waals surface area contributed by atoms with Gasteiger partial charge in [-0.2, -0.15) is 0 Å². The van der Waals surface area contributed by atoms with E-state index in [-0.39, 0.29) is 12.6 Å². The first-order chi connectivity index (χ1) is 11.1. The second-order valence-corrected chi connectivity index (χ2v) is 5.61.